The zero-order valence-corrected chi connectivity index (χ0v) is 20.2. The smallest absolute Gasteiger partial charge is 0.194 e. The Morgan fingerprint density at radius 3 is 2.09 bits per heavy atom. The van der Waals surface area contributed by atoms with Gasteiger partial charge < -0.3 is 0 Å². The van der Waals surface area contributed by atoms with Crippen LogP contribution in [0.2, 0.25) is 0 Å². The maximum Gasteiger partial charge on any atom is 0.194 e. The molecule has 0 unspecified atom stereocenters. The SMILES string of the molecule is CCCCCCC1CCC(CCC2=Cc3cc(F)c(-c4cc(F)c(F)c(F)c4)cc3CC2)CC1. The molecule has 2 aromatic rings. The lowest BCUT2D eigenvalue weighted by molar-refractivity contribution is 0.248. The van der Waals surface area contributed by atoms with Gasteiger partial charge >= 0.3 is 0 Å². The fourth-order valence-corrected chi connectivity index (χ4v) is 5.76. The van der Waals surface area contributed by atoms with Crippen LogP contribution in [0.3, 0.4) is 0 Å². The molecule has 0 aliphatic heterocycles. The summed E-state index contributed by atoms with van der Waals surface area (Å²) in [6, 6.07) is 4.82. The summed E-state index contributed by atoms with van der Waals surface area (Å²) in [7, 11) is 0. The average molecular weight is 473 g/mol. The number of fused-ring (bicyclic) bond motifs is 1. The molecular weight excluding hydrogens is 436 g/mol. The minimum Gasteiger partial charge on any atom is -0.206 e. The van der Waals surface area contributed by atoms with Gasteiger partial charge in [0.25, 0.3) is 0 Å². The quantitative estimate of drug-likeness (QED) is 0.193. The van der Waals surface area contributed by atoms with Gasteiger partial charge in [-0.05, 0) is 78.5 Å². The van der Waals surface area contributed by atoms with Gasteiger partial charge in [0.2, 0.25) is 0 Å². The average Bonchev–Trinajstić information content (AvgIpc) is 2.84. The first-order valence-electron chi connectivity index (χ1n) is 13.1. The van der Waals surface area contributed by atoms with Crippen LogP contribution in [0, 0.1) is 35.1 Å². The van der Waals surface area contributed by atoms with Gasteiger partial charge in [0.15, 0.2) is 17.5 Å². The van der Waals surface area contributed by atoms with E-state index in [9.17, 15) is 17.6 Å². The van der Waals surface area contributed by atoms with Crippen LogP contribution in [0.4, 0.5) is 17.6 Å². The predicted octanol–water partition coefficient (Wildman–Crippen LogP) is 9.80. The third-order valence-electron chi connectivity index (χ3n) is 7.90. The molecule has 1 saturated carbocycles. The number of unbranched alkanes of at least 4 members (excludes halogenated alkanes) is 3. The third kappa shape index (κ3) is 6.12. The molecule has 2 aromatic carbocycles. The highest BCUT2D eigenvalue weighted by Crippen LogP contribution is 2.37. The van der Waals surface area contributed by atoms with Crippen molar-refractivity contribution in [1.29, 1.82) is 0 Å². The summed E-state index contributed by atoms with van der Waals surface area (Å²) >= 11 is 0. The number of hydrogen-bond acceptors (Lipinski definition) is 0. The van der Waals surface area contributed by atoms with E-state index in [0.29, 0.717) is 0 Å². The van der Waals surface area contributed by atoms with Gasteiger partial charge in [0.05, 0.1) is 0 Å². The molecule has 0 nitrogen and oxygen atoms in total. The van der Waals surface area contributed by atoms with Gasteiger partial charge in [-0.2, -0.15) is 0 Å². The molecule has 0 saturated heterocycles. The zero-order chi connectivity index (χ0) is 24.1. The molecule has 1 fully saturated rings. The highest BCUT2D eigenvalue weighted by molar-refractivity contribution is 5.70. The van der Waals surface area contributed by atoms with E-state index >= 15 is 0 Å². The van der Waals surface area contributed by atoms with E-state index in [0.717, 1.165) is 54.4 Å². The van der Waals surface area contributed by atoms with Crippen molar-refractivity contribution < 1.29 is 17.6 Å². The topological polar surface area (TPSA) is 0 Å². The Kier molecular flexibility index (Phi) is 8.50. The highest BCUT2D eigenvalue weighted by atomic mass is 19.2. The summed E-state index contributed by atoms with van der Waals surface area (Å²) in [4.78, 5) is 0. The largest absolute Gasteiger partial charge is 0.206 e. The molecule has 0 heterocycles. The normalized spacial score (nSPS) is 20.2. The van der Waals surface area contributed by atoms with Crippen LogP contribution in [-0.2, 0) is 6.42 Å². The van der Waals surface area contributed by atoms with E-state index in [1.807, 2.05) is 0 Å². The van der Waals surface area contributed by atoms with Gasteiger partial charge in [-0.15, -0.1) is 0 Å². The van der Waals surface area contributed by atoms with E-state index in [2.05, 4.69) is 13.0 Å². The predicted molar refractivity (Wildman–Crippen MR) is 131 cm³/mol. The maximum absolute atomic E-state index is 14.8. The molecule has 4 rings (SSSR count). The van der Waals surface area contributed by atoms with Crippen molar-refractivity contribution >= 4 is 6.08 Å². The Bertz CT molecular complexity index is 992. The second-order valence-electron chi connectivity index (χ2n) is 10.4. The van der Waals surface area contributed by atoms with Crippen LogP contribution >= 0.6 is 0 Å². The molecule has 34 heavy (non-hydrogen) atoms. The zero-order valence-electron chi connectivity index (χ0n) is 20.2. The molecule has 0 amide bonds. The molecule has 2 aliphatic rings. The van der Waals surface area contributed by atoms with Crippen LogP contribution in [0.15, 0.2) is 29.8 Å². The van der Waals surface area contributed by atoms with E-state index in [1.54, 1.807) is 6.07 Å². The summed E-state index contributed by atoms with van der Waals surface area (Å²) in [5, 5.41) is 0. The third-order valence-corrected chi connectivity index (χ3v) is 7.90. The summed E-state index contributed by atoms with van der Waals surface area (Å²) in [5.41, 5.74) is 3.31. The van der Waals surface area contributed by atoms with Crippen LogP contribution in [0.5, 0.6) is 0 Å². The van der Waals surface area contributed by atoms with E-state index < -0.39 is 23.3 Å². The maximum atomic E-state index is 14.8. The van der Waals surface area contributed by atoms with Crippen molar-refractivity contribution in [1.82, 2.24) is 0 Å². The monoisotopic (exact) mass is 472 g/mol. The first kappa shape index (κ1) is 25.0. The summed E-state index contributed by atoms with van der Waals surface area (Å²) in [6.45, 7) is 2.26. The van der Waals surface area contributed by atoms with Crippen LogP contribution in [0.1, 0.15) is 95.1 Å². The molecule has 0 aromatic heterocycles. The molecule has 0 radical (unpaired) electrons. The van der Waals surface area contributed by atoms with Crippen molar-refractivity contribution in [3.8, 4) is 11.1 Å². The molecule has 0 N–H and O–H groups in total. The van der Waals surface area contributed by atoms with Crippen LogP contribution in [-0.4, -0.2) is 0 Å². The molecule has 0 bridgehead atoms. The number of halogens is 4. The molecule has 184 valence electrons. The Labute approximate surface area is 201 Å². The lowest BCUT2D eigenvalue weighted by atomic mass is 9.77. The standard InChI is InChI=1S/C30H36F4/c1-2-3-4-5-6-20-7-9-21(10-8-20)11-12-22-13-14-23-16-26(27(31)17-24(23)15-22)25-18-28(32)30(34)29(33)19-25/h15-21H,2-14H2,1H3. The van der Waals surface area contributed by atoms with Crippen LogP contribution in [0.25, 0.3) is 17.2 Å². The van der Waals surface area contributed by atoms with Gasteiger partial charge in [-0.1, -0.05) is 76.4 Å². The number of benzene rings is 2. The van der Waals surface area contributed by atoms with Crippen molar-refractivity contribution in [3.63, 3.8) is 0 Å². The summed E-state index contributed by atoms with van der Waals surface area (Å²) in [5.74, 6) is -2.96. The Hall–Kier alpha value is -2.10. The first-order valence-corrected chi connectivity index (χ1v) is 13.1. The fraction of sp³-hybridized carbons (Fsp3) is 0.533. The van der Waals surface area contributed by atoms with Crippen molar-refractivity contribution in [3.05, 3.63) is 64.2 Å². The Balaban J connectivity index is 1.34. The van der Waals surface area contributed by atoms with Gasteiger partial charge in [0.1, 0.15) is 5.82 Å². The second kappa shape index (κ2) is 11.6. The number of rotatable bonds is 9. The second-order valence-corrected chi connectivity index (χ2v) is 10.4. The molecule has 0 atom stereocenters. The fourth-order valence-electron chi connectivity index (χ4n) is 5.76. The van der Waals surface area contributed by atoms with Gasteiger partial charge in [-0.3, -0.25) is 0 Å². The number of allylic oxidation sites excluding steroid dienone is 1. The van der Waals surface area contributed by atoms with E-state index in [1.165, 1.54) is 75.8 Å². The van der Waals surface area contributed by atoms with Gasteiger partial charge in [0, 0.05) is 5.56 Å². The highest BCUT2D eigenvalue weighted by Gasteiger charge is 2.22. The number of aryl methyl sites for hydroxylation is 1. The minimum atomic E-state index is -1.53. The van der Waals surface area contributed by atoms with Crippen molar-refractivity contribution in [2.24, 2.45) is 11.8 Å². The molecular formula is C30H36F4. The number of hydrogen-bond donors (Lipinski definition) is 0. The van der Waals surface area contributed by atoms with E-state index in [-0.39, 0.29) is 11.1 Å². The molecule has 4 heteroatoms. The minimum absolute atomic E-state index is 0.0208. The summed E-state index contributed by atoms with van der Waals surface area (Å²) in [6.07, 6.45) is 18.3. The Morgan fingerprint density at radius 2 is 1.41 bits per heavy atom. The first-order chi connectivity index (χ1) is 16.4. The summed E-state index contributed by atoms with van der Waals surface area (Å²) < 4.78 is 55.4. The molecule has 0 spiro atoms. The van der Waals surface area contributed by atoms with E-state index in [4.69, 9.17) is 0 Å². The van der Waals surface area contributed by atoms with Crippen LogP contribution < -0.4 is 0 Å². The van der Waals surface area contributed by atoms with Crippen molar-refractivity contribution in [2.45, 2.75) is 90.4 Å². The van der Waals surface area contributed by atoms with Gasteiger partial charge in [-0.25, -0.2) is 17.6 Å². The lowest BCUT2D eigenvalue weighted by Crippen LogP contribution is -2.15. The Morgan fingerprint density at radius 1 is 0.735 bits per heavy atom. The van der Waals surface area contributed by atoms with Crippen molar-refractivity contribution in [2.75, 3.05) is 0 Å². The lowest BCUT2D eigenvalue weighted by Gasteiger charge is -2.29. The molecule has 2 aliphatic carbocycles.